The van der Waals surface area contributed by atoms with Crippen LogP contribution in [0.15, 0.2) is 53.1 Å². The zero-order valence-corrected chi connectivity index (χ0v) is 10.9. The van der Waals surface area contributed by atoms with Gasteiger partial charge in [0.05, 0.1) is 19.5 Å². The molecule has 0 aliphatic rings. The molecule has 0 fully saturated rings. The number of ether oxygens (including phenoxy) is 2. The van der Waals surface area contributed by atoms with Gasteiger partial charge in [-0.1, -0.05) is 30.3 Å². The van der Waals surface area contributed by atoms with Crippen LogP contribution in [0.4, 0.5) is 0 Å². The summed E-state index contributed by atoms with van der Waals surface area (Å²) < 4.78 is 16.0. The van der Waals surface area contributed by atoms with Crippen molar-refractivity contribution in [3.63, 3.8) is 0 Å². The highest BCUT2D eigenvalue weighted by molar-refractivity contribution is 5.13. The average Bonchev–Trinajstić information content (AvgIpc) is 2.98. The summed E-state index contributed by atoms with van der Waals surface area (Å²) in [7, 11) is 1.54. The number of hydrogen-bond acceptors (Lipinski definition) is 4. The van der Waals surface area contributed by atoms with Gasteiger partial charge in [-0.3, -0.25) is 0 Å². The first-order valence-corrected chi connectivity index (χ1v) is 6.17. The molecule has 19 heavy (non-hydrogen) atoms. The first-order valence-electron chi connectivity index (χ1n) is 6.17. The SMILES string of the molecule is CO[C@H](COCc1ccccc1)[C@H](O)c1ccco1. The maximum Gasteiger partial charge on any atom is 0.140 e. The van der Waals surface area contributed by atoms with E-state index in [0.29, 0.717) is 19.0 Å². The van der Waals surface area contributed by atoms with Crippen LogP contribution in [0, 0.1) is 0 Å². The first-order chi connectivity index (χ1) is 9.31. The van der Waals surface area contributed by atoms with E-state index >= 15 is 0 Å². The minimum atomic E-state index is -0.823. The Kier molecular flexibility index (Phi) is 5.15. The minimum absolute atomic E-state index is 0.299. The fourth-order valence-corrected chi connectivity index (χ4v) is 1.80. The van der Waals surface area contributed by atoms with Crippen LogP contribution in [0.2, 0.25) is 0 Å². The summed E-state index contributed by atoms with van der Waals surface area (Å²) in [4.78, 5) is 0. The van der Waals surface area contributed by atoms with Crippen LogP contribution in [0.3, 0.4) is 0 Å². The Bertz CT molecular complexity index is 452. The molecule has 0 saturated carbocycles. The van der Waals surface area contributed by atoms with E-state index in [-0.39, 0.29) is 0 Å². The molecule has 0 unspecified atom stereocenters. The van der Waals surface area contributed by atoms with Gasteiger partial charge in [-0.25, -0.2) is 0 Å². The van der Waals surface area contributed by atoms with Crippen LogP contribution < -0.4 is 0 Å². The second-order valence-electron chi connectivity index (χ2n) is 4.24. The molecular weight excluding hydrogens is 244 g/mol. The van der Waals surface area contributed by atoms with Crippen LogP contribution >= 0.6 is 0 Å². The molecule has 2 atom stereocenters. The van der Waals surface area contributed by atoms with Crippen LogP contribution in [0.1, 0.15) is 17.4 Å². The molecular formula is C15H18O4. The van der Waals surface area contributed by atoms with E-state index in [1.165, 1.54) is 6.26 Å². The molecule has 0 spiro atoms. The molecule has 0 bridgehead atoms. The summed E-state index contributed by atoms with van der Waals surface area (Å²) in [6, 6.07) is 13.3. The fraction of sp³-hybridized carbons (Fsp3) is 0.333. The summed E-state index contributed by atoms with van der Waals surface area (Å²) in [5.41, 5.74) is 1.09. The summed E-state index contributed by atoms with van der Waals surface area (Å²) >= 11 is 0. The highest BCUT2D eigenvalue weighted by Gasteiger charge is 2.23. The van der Waals surface area contributed by atoms with Gasteiger partial charge in [-0.15, -0.1) is 0 Å². The molecule has 0 radical (unpaired) electrons. The van der Waals surface area contributed by atoms with Crippen LogP contribution in [-0.4, -0.2) is 24.9 Å². The third kappa shape index (κ3) is 3.92. The molecule has 4 nitrogen and oxygen atoms in total. The Morgan fingerprint density at radius 3 is 2.58 bits per heavy atom. The average molecular weight is 262 g/mol. The highest BCUT2D eigenvalue weighted by Crippen LogP contribution is 2.19. The number of aliphatic hydroxyl groups is 1. The van der Waals surface area contributed by atoms with Crippen molar-refractivity contribution in [1.29, 1.82) is 0 Å². The number of rotatable bonds is 7. The predicted octanol–water partition coefficient (Wildman–Crippen LogP) is 2.54. The van der Waals surface area contributed by atoms with E-state index < -0.39 is 12.2 Å². The lowest BCUT2D eigenvalue weighted by Gasteiger charge is -2.20. The quantitative estimate of drug-likeness (QED) is 0.833. The largest absolute Gasteiger partial charge is 0.466 e. The Balaban J connectivity index is 1.83. The lowest BCUT2D eigenvalue weighted by Crippen LogP contribution is -2.26. The zero-order chi connectivity index (χ0) is 13.5. The van der Waals surface area contributed by atoms with Crippen molar-refractivity contribution in [2.45, 2.75) is 18.8 Å². The lowest BCUT2D eigenvalue weighted by atomic mass is 10.1. The second-order valence-corrected chi connectivity index (χ2v) is 4.24. The van der Waals surface area contributed by atoms with Gasteiger partial charge in [-0.05, 0) is 17.7 Å². The molecule has 1 heterocycles. The van der Waals surface area contributed by atoms with Crippen molar-refractivity contribution >= 4 is 0 Å². The molecule has 4 heteroatoms. The number of methoxy groups -OCH3 is 1. The minimum Gasteiger partial charge on any atom is -0.466 e. The molecule has 0 saturated heterocycles. The van der Waals surface area contributed by atoms with Crippen molar-refractivity contribution in [2.75, 3.05) is 13.7 Å². The first kappa shape index (κ1) is 13.8. The van der Waals surface area contributed by atoms with Gasteiger partial charge in [0.1, 0.15) is 18.0 Å². The second kappa shape index (κ2) is 7.09. The van der Waals surface area contributed by atoms with E-state index in [2.05, 4.69) is 0 Å². The standard InChI is InChI=1S/C15H18O4/c1-17-14(15(16)13-8-5-9-19-13)11-18-10-12-6-3-2-4-7-12/h2-9,14-16H,10-11H2,1H3/t14-,15-/m1/s1. The predicted molar refractivity (Wildman–Crippen MR) is 70.6 cm³/mol. The van der Waals surface area contributed by atoms with Crippen LogP contribution in [0.25, 0.3) is 0 Å². The van der Waals surface area contributed by atoms with Gasteiger partial charge in [-0.2, -0.15) is 0 Å². The third-order valence-electron chi connectivity index (χ3n) is 2.88. The Hall–Kier alpha value is -1.62. The smallest absolute Gasteiger partial charge is 0.140 e. The van der Waals surface area contributed by atoms with Gasteiger partial charge in [0, 0.05) is 7.11 Å². The van der Waals surface area contributed by atoms with Crippen molar-refractivity contribution in [3.05, 3.63) is 60.1 Å². The monoisotopic (exact) mass is 262 g/mol. The summed E-state index contributed by atoms with van der Waals surface area (Å²) in [6.45, 7) is 0.791. The van der Waals surface area contributed by atoms with Gasteiger partial charge < -0.3 is 19.0 Å². The summed E-state index contributed by atoms with van der Waals surface area (Å²) in [5, 5.41) is 10.1. The third-order valence-corrected chi connectivity index (χ3v) is 2.88. The molecule has 102 valence electrons. The zero-order valence-electron chi connectivity index (χ0n) is 10.9. The molecule has 1 aromatic carbocycles. The molecule has 1 N–H and O–H groups in total. The molecule has 2 aromatic rings. The van der Waals surface area contributed by atoms with Crippen LogP contribution in [0.5, 0.6) is 0 Å². The summed E-state index contributed by atoms with van der Waals surface area (Å²) in [5.74, 6) is 0.482. The highest BCUT2D eigenvalue weighted by atomic mass is 16.5. The topological polar surface area (TPSA) is 51.8 Å². The van der Waals surface area contributed by atoms with Gasteiger partial charge in [0.2, 0.25) is 0 Å². The van der Waals surface area contributed by atoms with Crippen molar-refractivity contribution < 1.29 is 19.0 Å². The molecule has 0 aliphatic carbocycles. The number of benzene rings is 1. The van der Waals surface area contributed by atoms with Crippen LogP contribution in [-0.2, 0) is 16.1 Å². The van der Waals surface area contributed by atoms with E-state index in [1.807, 2.05) is 30.3 Å². The lowest BCUT2D eigenvalue weighted by molar-refractivity contribution is -0.0719. The maximum atomic E-state index is 10.1. The van der Waals surface area contributed by atoms with E-state index in [1.54, 1.807) is 19.2 Å². The Labute approximate surface area is 112 Å². The van der Waals surface area contributed by atoms with Crippen molar-refractivity contribution in [2.24, 2.45) is 0 Å². The van der Waals surface area contributed by atoms with Gasteiger partial charge >= 0.3 is 0 Å². The van der Waals surface area contributed by atoms with Crippen molar-refractivity contribution in [3.8, 4) is 0 Å². The molecule has 0 amide bonds. The Morgan fingerprint density at radius 1 is 1.16 bits per heavy atom. The number of hydrogen-bond donors (Lipinski definition) is 1. The summed E-state index contributed by atoms with van der Waals surface area (Å²) in [6.07, 6.45) is 0.251. The van der Waals surface area contributed by atoms with E-state index in [4.69, 9.17) is 13.9 Å². The van der Waals surface area contributed by atoms with Gasteiger partial charge in [0.15, 0.2) is 0 Å². The molecule has 0 aliphatic heterocycles. The maximum absolute atomic E-state index is 10.1. The number of furan rings is 1. The molecule has 2 rings (SSSR count). The van der Waals surface area contributed by atoms with Crippen molar-refractivity contribution in [1.82, 2.24) is 0 Å². The van der Waals surface area contributed by atoms with E-state index in [9.17, 15) is 5.11 Å². The number of aliphatic hydroxyl groups excluding tert-OH is 1. The fourth-order valence-electron chi connectivity index (χ4n) is 1.80. The molecule has 1 aromatic heterocycles. The van der Waals surface area contributed by atoms with E-state index in [0.717, 1.165) is 5.56 Å². The Morgan fingerprint density at radius 2 is 1.95 bits per heavy atom. The normalized spacial score (nSPS) is 14.2. The van der Waals surface area contributed by atoms with Gasteiger partial charge in [0.25, 0.3) is 0 Å².